The molecule has 0 saturated carbocycles. The number of rotatable bonds is 2. The number of hydrogen-bond acceptors (Lipinski definition) is 2. The molecular formula is C9H9BrClNO2. The second-order valence-electron chi connectivity index (χ2n) is 2.89. The highest BCUT2D eigenvalue weighted by Gasteiger charge is 2.13. The Morgan fingerprint density at radius 1 is 1.64 bits per heavy atom. The van der Waals surface area contributed by atoms with E-state index in [0.29, 0.717) is 20.6 Å². The van der Waals surface area contributed by atoms with Crippen molar-refractivity contribution >= 4 is 33.4 Å². The van der Waals surface area contributed by atoms with Crippen LogP contribution in [0.2, 0.25) is 5.02 Å². The molecule has 76 valence electrons. The number of carbonyl (C=O) groups excluding carboxylic acids is 1. The summed E-state index contributed by atoms with van der Waals surface area (Å²) < 4.78 is 0.527. The second-order valence-corrected chi connectivity index (χ2v) is 4.16. The monoisotopic (exact) mass is 277 g/mol. The molecule has 3 N–H and O–H groups in total. The fraction of sp³-hybridized carbons (Fsp3) is 0.222. The zero-order valence-corrected chi connectivity index (χ0v) is 9.76. The summed E-state index contributed by atoms with van der Waals surface area (Å²) in [4.78, 5) is 11.0. The van der Waals surface area contributed by atoms with E-state index >= 15 is 0 Å². The fourth-order valence-corrected chi connectivity index (χ4v) is 2.07. The van der Waals surface area contributed by atoms with Gasteiger partial charge in [-0.25, -0.2) is 0 Å². The smallest absolute Gasteiger partial charge is 0.249 e. The lowest BCUT2D eigenvalue weighted by atomic mass is 10.1. The molecule has 0 spiro atoms. The van der Waals surface area contributed by atoms with Crippen LogP contribution in [0.1, 0.15) is 28.9 Å². The number of aliphatic hydroxyl groups is 1. The number of nitrogens with two attached hydrogens (primary N) is 1. The lowest BCUT2D eigenvalue weighted by Crippen LogP contribution is -2.12. The Morgan fingerprint density at radius 2 is 2.21 bits per heavy atom. The van der Waals surface area contributed by atoms with Crippen LogP contribution in [0, 0.1) is 0 Å². The van der Waals surface area contributed by atoms with Gasteiger partial charge < -0.3 is 10.8 Å². The first-order chi connectivity index (χ1) is 6.43. The normalized spacial score (nSPS) is 12.6. The highest BCUT2D eigenvalue weighted by Crippen LogP contribution is 2.29. The summed E-state index contributed by atoms with van der Waals surface area (Å²) in [5.41, 5.74) is 5.94. The molecule has 5 heteroatoms. The van der Waals surface area contributed by atoms with E-state index in [1.165, 1.54) is 6.07 Å². The third-order valence-corrected chi connectivity index (χ3v) is 2.79. The highest BCUT2D eigenvalue weighted by molar-refractivity contribution is 9.10. The number of hydrogen-bond donors (Lipinski definition) is 2. The molecular weight excluding hydrogens is 269 g/mol. The van der Waals surface area contributed by atoms with Gasteiger partial charge in [-0.2, -0.15) is 0 Å². The Balaban J connectivity index is 3.34. The quantitative estimate of drug-likeness (QED) is 0.871. The lowest BCUT2D eigenvalue weighted by molar-refractivity contribution is 0.0999. The van der Waals surface area contributed by atoms with Crippen LogP contribution in [0.4, 0.5) is 0 Å². The van der Waals surface area contributed by atoms with Crippen molar-refractivity contribution in [2.24, 2.45) is 5.73 Å². The molecule has 0 aliphatic rings. The number of primary amides is 1. The summed E-state index contributed by atoms with van der Waals surface area (Å²) in [7, 11) is 0. The summed E-state index contributed by atoms with van der Waals surface area (Å²) >= 11 is 9.02. The average Bonchev–Trinajstić information content (AvgIpc) is 2.02. The highest BCUT2D eigenvalue weighted by atomic mass is 79.9. The third-order valence-electron chi connectivity index (χ3n) is 1.80. The molecule has 0 fully saturated rings. The standard InChI is InChI=1S/C9H9BrClNO2/c1-4(13)5-2-6(9(12)14)7(10)3-8(5)11/h2-4,13H,1H3,(H2,12,14)/t4-/m0/s1. The molecule has 14 heavy (non-hydrogen) atoms. The second kappa shape index (κ2) is 4.29. The molecule has 1 aromatic carbocycles. The maximum Gasteiger partial charge on any atom is 0.249 e. The van der Waals surface area contributed by atoms with Gasteiger partial charge in [-0.05, 0) is 40.5 Å². The predicted molar refractivity (Wildman–Crippen MR) is 58.3 cm³/mol. The van der Waals surface area contributed by atoms with Crippen LogP contribution in [0.3, 0.4) is 0 Å². The van der Waals surface area contributed by atoms with E-state index < -0.39 is 12.0 Å². The van der Waals surface area contributed by atoms with Gasteiger partial charge in [-0.3, -0.25) is 4.79 Å². The van der Waals surface area contributed by atoms with E-state index in [-0.39, 0.29) is 0 Å². The molecule has 0 saturated heterocycles. The van der Waals surface area contributed by atoms with Gasteiger partial charge in [0.15, 0.2) is 0 Å². The largest absolute Gasteiger partial charge is 0.389 e. The summed E-state index contributed by atoms with van der Waals surface area (Å²) in [6.45, 7) is 1.57. The van der Waals surface area contributed by atoms with Crippen LogP contribution < -0.4 is 5.73 Å². The minimum absolute atomic E-state index is 0.310. The van der Waals surface area contributed by atoms with Crippen molar-refractivity contribution in [1.29, 1.82) is 0 Å². The molecule has 1 rings (SSSR count). The van der Waals surface area contributed by atoms with Gasteiger partial charge in [0.25, 0.3) is 0 Å². The Kier molecular flexibility index (Phi) is 3.53. The van der Waals surface area contributed by atoms with Gasteiger partial charge in [0.2, 0.25) is 5.91 Å². The van der Waals surface area contributed by atoms with Crippen molar-refractivity contribution in [3.05, 3.63) is 32.8 Å². The van der Waals surface area contributed by atoms with Crippen LogP contribution in [-0.2, 0) is 0 Å². The topological polar surface area (TPSA) is 63.3 Å². The maximum atomic E-state index is 11.0. The minimum Gasteiger partial charge on any atom is -0.389 e. The SMILES string of the molecule is C[C@H](O)c1cc(C(N)=O)c(Br)cc1Cl. The van der Waals surface area contributed by atoms with E-state index in [4.69, 9.17) is 17.3 Å². The molecule has 0 aromatic heterocycles. The lowest BCUT2D eigenvalue weighted by Gasteiger charge is -2.10. The van der Waals surface area contributed by atoms with Crippen LogP contribution >= 0.6 is 27.5 Å². The molecule has 0 radical (unpaired) electrons. The van der Waals surface area contributed by atoms with Gasteiger partial charge in [0.05, 0.1) is 11.7 Å². The molecule has 0 aliphatic heterocycles. The molecule has 0 unspecified atom stereocenters. The van der Waals surface area contributed by atoms with Crippen molar-refractivity contribution in [1.82, 2.24) is 0 Å². The third kappa shape index (κ3) is 2.26. The zero-order valence-electron chi connectivity index (χ0n) is 7.42. The Morgan fingerprint density at radius 3 is 2.64 bits per heavy atom. The molecule has 3 nitrogen and oxygen atoms in total. The number of amides is 1. The molecule has 0 aliphatic carbocycles. The molecule has 1 aromatic rings. The Hall–Kier alpha value is -0.580. The fourth-order valence-electron chi connectivity index (χ4n) is 1.07. The van der Waals surface area contributed by atoms with E-state index in [0.717, 1.165) is 0 Å². The predicted octanol–water partition coefficient (Wildman–Crippen LogP) is 2.25. The van der Waals surface area contributed by atoms with Gasteiger partial charge >= 0.3 is 0 Å². The average molecular weight is 279 g/mol. The van der Waals surface area contributed by atoms with Gasteiger partial charge in [0, 0.05) is 9.50 Å². The molecule has 0 bridgehead atoms. The molecule has 0 heterocycles. The van der Waals surface area contributed by atoms with Crippen molar-refractivity contribution in [2.45, 2.75) is 13.0 Å². The summed E-state index contributed by atoms with van der Waals surface area (Å²) in [5, 5.41) is 9.75. The van der Waals surface area contributed by atoms with Crippen LogP contribution in [-0.4, -0.2) is 11.0 Å². The van der Waals surface area contributed by atoms with Gasteiger partial charge in [0.1, 0.15) is 0 Å². The van der Waals surface area contributed by atoms with E-state index in [1.54, 1.807) is 13.0 Å². The summed E-state index contributed by atoms with van der Waals surface area (Å²) in [6, 6.07) is 3.03. The minimum atomic E-state index is -0.728. The van der Waals surface area contributed by atoms with Crippen LogP contribution in [0.5, 0.6) is 0 Å². The molecule has 1 amide bonds. The first-order valence-corrected chi connectivity index (χ1v) is 5.07. The van der Waals surface area contributed by atoms with E-state index in [9.17, 15) is 9.90 Å². The number of benzene rings is 1. The van der Waals surface area contributed by atoms with Crippen molar-refractivity contribution < 1.29 is 9.90 Å². The van der Waals surface area contributed by atoms with Crippen LogP contribution in [0.15, 0.2) is 16.6 Å². The number of aliphatic hydroxyl groups excluding tert-OH is 1. The van der Waals surface area contributed by atoms with Crippen molar-refractivity contribution in [2.75, 3.05) is 0 Å². The number of halogens is 2. The first kappa shape index (κ1) is 11.5. The van der Waals surface area contributed by atoms with Crippen molar-refractivity contribution in [3.63, 3.8) is 0 Å². The maximum absolute atomic E-state index is 11.0. The Bertz CT molecular complexity index is 379. The van der Waals surface area contributed by atoms with Crippen molar-refractivity contribution in [3.8, 4) is 0 Å². The van der Waals surface area contributed by atoms with Crippen LogP contribution in [0.25, 0.3) is 0 Å². The summed E-state index contributed by atoms with van der Waals surface area (Å²) in [5.74, 6) is -0.560. The van der Waals surface area contributed by atoms with Gasteiger partial charge in [-0.1, -0.05) is 11.6 Å². The zero-order chi connectivity index (χ0) is 10.9. The van der Waals surface area contributed by atoms with Gasteiger partial charge in [-0.15, -0.1) is 0 Å². The van der Waals surface area contributed by atoms with E-state index in [1.807, 2.05) is 0 Å². The summed E-state index contributed by atoms with van der Waals surface area (Å²) in [6.07, 6.45) is -0.728. The van der Waals surface area contributed by atoms with E-state index in [2.05, 4.69) is 15.9 Å². The molecule has 1 atom stereocenters. The first-order valence-electron chi connectivity index (χ1n) is 3.90. The Labute approximate surface area is 95.0 Å². The number of carbonyl (C=O) groups is 1.